The molecule has 0 aromatic carbocycles. The van der Waals surface area contributed by atoms with Gasteiger partial charge in [-0.1, -0.05) is 0 Å². The summed E-state index contributed by atoms with van der Waals surface area (Å²) in [4.78, 5) is 13.9. The van der Waals surface area contributed by atoms with Crippen molar-refractivity contribution in [2.75, 3.05) is 33.5 Å². The predicted octanol–water partition coefficient (Wildman–Crippen LogP) is 1.56. The molecule has 2 aliphatic rings. The van der Waals surface area contributed by atoms with E-state index < -0.39 is 0 Å². The Hall–Kier alpha value is -0.650. The molecule has 0 aromatic rings. The van der Waals surface area contributed by atoms with Crippen LogP contribution in [0.5, 0.6) is 0 Å². The maximum atomic E-state index is 12.0. The van der Waals surface area contributed by atoms with Gasteiger partial charge in [0.1, 0.15) is 0 Å². The summed E-state index contributed by atoms with van der Waals surface area (Å²) < 4.78 is 16.6. The highest BCUT2D eigenvalue weighted by Crippen LogP contribution is 2.37. The summed E-state index contributed by atoms with van der Waals surface area (Å²) in [7, 11) is 1.90. The van der Waals surface area contributed by atoms with E-state index in [1.807, 2.05) is 18.9 Å². The number of hydrogen-bond acceptors (Lipinski definition) is 4. The topological polar surface area (TPSA) is 48.0 Å². The Morgan fingerprint density at radius 1 is 1.32 bits per heavy atom. The highest BCUT2D eigenvalue weighted by atomic mass is 16.7. The van der Waals surface area contributed by atoms with Gasteiger partial charge in [0, 0.05) is 32.5 Å². The van der Waals surface area contributed by atoms with Gasteiger partial charge < -0.3 is 19.1 Å². The van der Waals surface area contributed by atoms with Crippen LogP contribution < -0.4 is 0 Å². The third kappa shape index (κ3) is 3.68. The van der Waals surface area contributed by atoms with Crippen molar-refractivity contribution in [1.29, 1.82) is 0 Å². The highest BCUT2D eigenvalue weighted by Gasteiger charge is 2.41. The second kappa shape index (κ2) is 6.68. The molecule has 19 heavy (non-hydrogen) atoms. The number of rotatable bonds is 5. The lowest BCUT2D eigenvalue weighted by Crippen LogP contribution is -2.45. The largest absolute Gasteiger partial charge is 0.381 e. The molecule has 1 spiro atoms. The van der Waals surface area contributed by atoms with Crippen LogP contribution in [0.25, 0.3) is 0 Å². The molecule has 2 fully saturated rings. The first-order valence-electron chi connectivity index (χ1n) is 7.28. The summed E-state index contributed by atoms with van der Waals surface area (Å²) in [5.41, 5.74) is 0. The summed E-state index contributed by atoms with van der Waals surface area (Å²) in [5.74, 6) is -0.172. The van der Waals surface area contributed by atoms with Gasteiger partial charge in [-0.15, -0.1) is 0 Å². The zero-order valence-corrected chi connectivity index (χ0v) is 12.0. The van der Waals surface area contributed by atoms with Gasteiger partial charge in [0.15, 0.2) is 5.79 Å². The average molecular weight is 271 g/mol. The fourth-order valence-electron chi connectivity index (χ4n) is 2.90. The average Bonchev–Trinajstić information content (AvgIpc) is 2.87. The molecule has 0 atom stereocenters. The lowest BCUT2D eigenvalue weighted by molar-refractivity contribution is -0.184. The standard InChI is InChI=1S/C14H25NO4/c1-3-17-9-6-13(16)15(2)12-4-7-14(8-5-12)18-10-11-19-14/h12H,3-11H2,1-2H3. The van der Waals surface area contributed by atoms with Gasteiger partial charge in [-0.25, -0.2) is 0 Å². The predicted molar refractivity (Wildman–Crippen MR) is 70.8 cm³/mol. The number of carbonyl (C=O) groups is 1. The van der Waals surface area contributed by atoms with Crippen molar-refractivity contribution < 1.29 is 19.0 Å². The molecule has 110 valence electrons. The van der Waals surface area contributed by atoms with E-state index in [9.17, 15) is 4.79 Å². The molecule has 1 aliphatic heterocycles. The quantitative estimate of drug-likeness (QED) is 0.712. The van der Waals surface area contributed by atoms with Crippen LogP contribution in [0.3, 0.4) is 0 Å². The van der Waals surface area contributed by atoms with Crippen LogP contribution in [-0.4, -0.2) is 56.1 Å². The summed E-state index contributed by atoms with van der Waals surface area (Å²) >= 11 is 0. The monoisotopic (exact) mass is 271 g/mol. The number of nitrogens with zero attached hydrogens (tertiary/aromatic N) is 1. The fraction of sp³-hybridized carbons (Fsp3) is 0.929. The Morgan fingerprint density at radius 3 is 2.53 bits per heavy atom. The molecule has 5 heteroatoms. The minimum atomic E-state index is -0.342. The Labute approximate surface area is 115 Å². The van der Waals surface area contributed by atoms with Crippen LogP contribution in [-0.2, 0) is 19.0 Å². The van der Waals surface area contributed by atoms with Gasteiger partial charge in [-0.2, -0.15) is 0 Å². The summed E-state index contributed by atoms with van der Waals surface area (Å²) in [5, 5.41) is 0. The highest BCUT2D eigenvalue weighted by molar-refractivity contribution is 5.76. The van der Waals surface area contributed by atoms with Crippen LogP contribution in [0.4, 0.5) is 0 Å². The molecule has 0 N–H and O–H groups in total. The molecule has 5 nitrogen and oxygen atoms in total. The zero-order chi connectivity index (χ0) is 13.7. The Balaban J connectivity index is 1.75. The number of amides is 1. The lowest BCUT2D eigenvalue weighted by atomic mass is 9.89. The van der Waals surface area contributed by atoms with E-state index >= 15 is 0 Å². The Bertz CT molecular complexity index is 292. The molecular formula is C14H25NO4. The Kier molecular flexibility index (Phi) is 5.19. The summed E-state index contributed by atoms with van der Waals surface area (Å²) in [6.07, 6.45) is 4.16. The van der Waals surface area contributed by atoms with Crippen molar-refractivity contribution in [2.45, 2.75) is 50.9 Å². The molecule has 1 aliphatic carbocycles. The first-order chi connectivity index (χ1) is 9.17. The molecular weight excluding hydrogens is 246 g/mol. The SMILES string of the molecule is CCOCCC(=O)N(C)C1CCC2(CC1)OCCO2. The van der Waals surface area contributed by atoms with Crippen LogP contribution in [0.1, 0.15) is 39.0 Å². The van der Waals surface area contributed by atoms with Crippen molar-refractivity contribution in [3.05, 3.63) is 0 Å². The summed E-state index contributed by atoms with van der Waals surface area (Å²) in [6.45, 7) is 4.53. The third-order valence-corrected chi connectivity index (χ3v) is 4.14. The molecule has 1 heterocycles. The first-order valence-corrected chi connectivity index (χ1v) is 7.28. The van der Waals surface area contributed by atoms with E-state index in [1.54, 1.807) is 0 Å². The van der Waals surface area contributed by atoms with Crippen LogP contribution >= 0.6 is 0 Å². The first kappa shape index (κ1) is 14.8. The van der Waals surface area contributed by atoms with E-state index in [0.717, 1.165) is 25.7 Å². The maximum absolute atomic E-state index is 12.0. The van der Waals surface area contributed by atoms with Gasteiger partial charge in [0.2, 0.25) is 5.91 Å². The van der Waals surface area contributed by atoms with Gasteiger partial charge in [-0.3, -0.25) is 4.79 Å². The number of ether oxygens (including phenoxy) is 3. The number of carbonyl (C=O) groups excluding carboxylic acids is 1. The normalized spacial score (nSPS) is 22.8. The third-order valence-electron chi connectivity index (χ3n) is 4.14. The van der Waals surface area contributed by atoms with Gasteiger partial charge >= 0.3 is 0 Å². The van der Waals surface area contributed by atoms with Crippen molar-refractivity contribution >= 4 is 5.91 Å². The van der Waals surface area contributed by atoms with Crippen LogP contribution in [0.2, 0.25) is 0 Å². The minimum absolute atomic E-state index is 0.169. The second-order valence-electron chi connectivity index (χ2n) is 5.29. The minimum Gasteiger partial charge on any atom is -0.381 e. The Morgan fingerprint density at radius 2 is 1.95 bits per heavy atom. The maximum Gasteiger partial charge on any atom is 0.224 e. The molecule has 1 saturated carbocycles. The van der Waals surface area contributed by atoms with E-state index in [2.05, 4.69) is 0 Å². The molecule has 0 aromatic heterocycles. The van der Waals surface area contributed by atoms with Crippen molar-refractivity contribution in [3.8, 4) is 0 Å². The molecule has 2 rings (SSSR count). The number of hydrogen-bond donors (Lipinski definition) is 0. The van der Waals surface area contributed by atoms with Crippen LogP contribution in [0.15, 0.2) is 0 Å². The lowest BCUT2D eigenvalue weighted by Gasteiger charge is -2.39. The molecule has 1 saturated heterocycles. The van der Waals surface area contributed by atoms with Gasteiger partial charge in [0.25, 0.3) is 0 Å². The molecule has 1 amide bonds. The van der Waals surface area contributed by atoms with Crippen LogP contribution in [0, 0.1) is 0 Å². The van der Waals surface area contributed by atoms with E-state index in [4.69, 9.17) is 14.2 Å². The van der Waals surface area contributed by atoms with E-state index in [1.165, 1.54) is 0 Å². The van der Waals surface area contributed by atoms with Crippen molar-refractivity contribution in [3.63, 3.8) is 0 Å². The fourth-order valence-corrected chi connectivity index (χ4v) is 2.90. The van der Waals surface area contributed by atoms with Crippen molar-refractivity contribution in [1.82, 2.24) is 4.90 Å². The summed E-state index contributed by atoms with van der Waals surface area (Å²) in [6, 6.07) is 0.313. The van der Waals surface area contributed by atoms with E-state index in [-0.39, 0.29) is 11.7 Å². The van der Waals surface area contributed by atoms with E-state index in [0.29, 0.717) is 38.9 Å². The second-order valence-corrected chi connectivity index (χ2v) is 5.29. The molecule has 0 bridgehead atoms. The zero-order valence-electron chi connectivity index (χ0n) is 12.0. The van der Waals surface area contributed by atoms with Gasteiger partial charge in [-0.05, 0) is 19.8 Å². The molecule has 0 radical (unpaired) electrons. The van der Waals surface area contributed by atoms with Crippen molar-refractivity contribution in [2.24, 2.45) is 0 Å². The smallest absolute Gasteiger partial charge is 0.224 e. The van der Waals surface area contributed by atoms with Gasteiger partial charge in [0.05, 0.1) is 26.2 Å². The molecule has 0 unspecified atom stereocenters.